The quantitative estimate of drug-likeness (QED) is 0.809. The third kappa shape index (κ3) is 3.52. The van der Waals surface area contributed by atoms with Crippen LogP contribution in [0.25, 0.3) is 10.8 Å². The van der Waals surface area contributed by atoms with E-state index in [1.165, 1.54) is 25.4 Å². The summed E-state index contributed by atoms with van der Waals surface area (Å²) in [5.74, 6) is -0.999. The van der Waals surface area contributed by atoms with Crippen molar-refractivity contribution in [3.63, 3.8) is 0 Å². The van der Waals surface area contributed by atoms with Gasteiger partial charge in [-0.05, 0) is 30.0 Å². The summed E-state index contributed by atoms with van der Waals surface area (Å²) in [6, 6.07) is 4.31. The van der Waals surface area contributed by atoms with Gasteiger partial charge in [0.1, 0.15) is 12.4 Å². The van der Waals surface area contributed by atoms with E-state index < -0.39 is 12.2 Å². The number of aromatic nitrogens is 1. The molecule has 8 heteroatoms. The lowest BCUT2D eigenvalue weighted by atomic mass is 10.0. The summed E-state index contributed by atoms with van der Waals surface area (Å²) < 4.78 is 36.3. The molecule has 1 atom stereocenters. The van der Waals surface area contributed by atoms with Crippen molar-refractivity contribution in [2.45, 2.75) is 25.3 Å². The molecule has 1 aromatic carbocycles. The maximum Gasteiger partial charge on any atom is 0.300 e. The zero-order chi connectivity index (χ0) is 18.0. The van der Waals surface area contributed by atoms with Crippen molar-refractivity contribution in [1.82, 2.24) is 10.3 Å². The maximum absolute atomic E-state index is 12.8. The molecule has 1 aromatic heterocycles. The molecule has 1 amide bonds. The number of carbonyl (C=O) groups excluding carboxylic acids is 2. The molecule has 6 nitrogen and oxygen atoms in total. The Hall–Kier alpha value is -2.77. The van der Waals surface area contributed by atoms with Crippen molar-refractivity contribution in [3.8, 4) is 11.6 Å². The summed E-state index contributed by atoms with van der Waals surface area (Å²) in [7, 11) is 1.30. The zero-order valence-electron chi connectivity index (χ0n) is 13.4. The summed E-state index contributed by atoms with van der Waals surface area (Å²) in [5, 5.41) is 3.86. The fourth-order valence-electron chi connectivity index (χ4n) is 2.75. The third-order valence-corrected chi connectivity index (χ3v) is 4.02. The van der Waals surface area contributed by atoms with Gasteiger partial charge in [-0.25, -0.2) is 13.8 Å². The van der Waals surface area contributed by atoms with Gasteiger partial charge < -0.3 is 14.8 Å². The monoisotopic (exact) mass is 350 g/mol. The number of nitrogens with zero attached hydrogens (tertiary/aromatic N) is 1. The van der Waals surface area contributed by atoms with E-state index in [1.807, 2.05) is 0 Å². The van der Waals surface area contributed by atoms with Crippen LogP contribution in [0, 0.1) is 0 Å². The summed E-state index contributed by atoms with van der Waals surface area (Å²) in [5.41, 5.74) is -0.190. The van der Waals surface area contributed by atoms with E-state index in [9.17, 15) is 18.4 Å². The molecule has 132 valence electrons. The third-order valence-electron chi connectivity index (χ3n) is 4.02. The Morgan fingerprint density at radius 3 is 2.88 bits per heavy atom. The Balaban J connectivity index is 1.92. The summed E-state index contributed by atoms with van der Waals surface area (Å²) in [4.78, 5) is 27.0. The molecule has 1 N–H and O–H groups in total. The lowest BCUT2D eigenvalue weighted by molar-refractivity contribution is -0.119. The Bertz CT molecular complexity index is 826. The Kier molecular flexibility index (Phi) is 4.78. The lowest BCUT2D eigenvalue weighted by Gasteiger charge is -2.14. The molecule has 2 heterocycles. The number of nitrogens with one attached hydrogen (secondary N) is 1. The predicted molar refractivity (Wildman–Crippen MR) is 85.3 cm³/mol. The molecule has 0 radical (unpaired) electrons. The van der Waals surface area contributed by atoms with Crippen molar-refractivity contribution < 1.29 is 27.8 Å². The second kappa shape index (κ2) is 7.00. The number of Topliss-reactive ketones (excluding diaryl/α,β-unsaturated/α-hetero) is 1. The maximum atomic E-state index is 12.8. The smallest absolute Gasteiger partial charge is 0.300 e. The van der Waals surface area contributed by atoms with Crippen LogP contribution in [0.2, 0.25) is 0 Å². The van der Waals surface area contributed by atoms with Crippen LogP contribution in [0.5, 0.6) is 11.6 Å². The van der Waals surface area contributed by atoms with Crippen molar-refractivity contribution in [2.75, 3.05) is 13.7 Å². The Morgan fingerprint density at radius 1 is 1.44 bits per heavy atom. The number of amides is 1. The number of ketones is 1. The number of ether oxygens (including phenoxy) is 2. The van der Waals surface area contributed by atoms with E-state index in [0.29, 0.717) is 23.6 Å². The lowest BCUT2D eigenvalue weighted by Crippen LogP contribution is -2.31. The molecule has 3 rings (SSSR count). The van der Waals surface area contributed by atoms with Crippen LogP contribution in [0.15, 0.2) is 24.4 Å². The van der Waals surface area contributed by atoms with Gasteiger partial charge in [0.25, 0.3) is 0 Å². The molecule has 1 aliphatic rings. The van der Waals surface area contributed by atoms with E-state index in [4.69, 9.17) is 9.47 Å². The van der Waals surface area contributed by atoms with Gasteiger partial charge in [-0.3, -0.25) is 9.59 Å². The van der Waals surface area contributed by atoms with Crippen molar-refractivity contribution in [3.05, 3.63) is 30.0 Å². The van der Waals surface area contributed by atoms with Crippen LogP contribution in [0.1, 0.15) is 23.2 Å². The van der Waals surface area contributed by atoms with E-state index in [1.54, 1.807) is 6.07 Å². The SMILES string of the molecule is COc1cc2c(OCC3CCC(=O)N3)nccc2cc1C(=O)C(F)F. The average Bonchev–Trinajstić information content (AvgIpc) is 3.03. The first-order valence-electron chi connectivity index (χ1n) is 7.71. The topological polar surface area (TPSA) is 77.5 Å². The number of hydrogen-bond acceptors (Lipinski definition) is 5. The molecule has 25 heavy (non-hydrogen) atoms. The molecule has 1 fully saturated rings. The molecule has 2 aromatic rings. The second-order valence-corrected chi connectivity index (χ2v) is 5.67. The van der Waals surface area contributed by atoms with Gasteiger partial charge in [0.05, 0.1) is 18.7 Å². The van der Waals surface area contributed by atoms with Crippen molar-refractivity contribution in [1.29, 1.82) is 0 Å². The van der Waals surface area contributed by atoms with E-state index in [0.717, 1.165) is 0 Å². The van der Waals surface area contributed by atoms with Crippen LogP contribution in [-0.2, 0) is 4.79 Å². The van der Waals surface area contributed by atoms with Crippen molar-refractivity contribution >= 4 is 22.5 Å². The minimum atomic E-state index is -3.12. The Labute approximate surface area is 142 Å². The van der Waals surface area contributed by atoms with E-state index in [-0.39, 0.29) is 35.7 Å². The number of benzene rings is 1. The standard InChI is InChI=1S/C17H16F2N2O4/c1-24-13-7-11-9(6-12(13)15(23)16(18)19)4-5-20-17(11)25-8-10-2-3-14(22)21-10/h4-7,10,16H,2-3,8H2,1H3,(H,21,22). The van der Waals surface area contributed by atoms with Crippen LogP contribution >= 0.6 is 0 Å². The molecular weight excluding hydrogens is 334 g/mol. The minimum absolute atomic E-state index is 0.0173. The number of pyridine rings is 1. The first kappa shape index (κ1) is 17.1. The molecular formula is C17H16F2N2O4. The highest BCUT2D eigenvalue weighted by atomic mass is 19.3. The van der Waals surface area contributed by atoms with Gasteiger partial charge in [-0.15, -0.1) is 0 Å². The number of fused-ring (bicyclic) bond motifs is 1. The molecule has 1 saturated heterocycles. The Morgan fingerprint density at radius 2 is 2.24 bits per heavy atom. The van der Waals surface area contributed by atoms with Crippen LogP contribution < -0.4 is 14.8 Å². The summed E-state index contributed by atoms with van der Waals surface area (Å²) >= 11 is 0. The van der Waals surface area contributed by atoms with Gasteiger partial charge in [0.15, 0.2) is 0 Å². The second-order valence-electron chi connectivity index (χ2n) is 5.67. The largest absolute Gasteiger partial charge is 0.496 e. The van der Waals surface area contributed by atoms with Gasteiger partial charge >= 0.3 is 6.43 Å². The fourth-order valence-corrected chi connectivity index (χ4v) is 2.75. The number of alkyl halides is 2. The highest BCUT2D eigenvalue weighted by Gasteiger charge is 2.24. The number of carbonyl (C=O) groups is 2. The van der Waals surface area contributed by atoms with Crippen LogP contribution in [0.3, 0.4) is 0 Å². The van der Waals surface area contributed by atoms with Gasteiger partial charge in [-0.2, -0.15) is 0 Å². The highest BCUT2D eigenvalue weighted by Crippen LogP contribution is 2.32. The first-order valence-corrected chi connectivity index (χ1v) is 7.71. The van der Waals surface area contributed by atoms with E-state index in [2.05, 4.69) is 10.3 Å². The average molecular weight is 350 g/mol. The van der Waals surface area contributed by atoms with Gasteiger partial charge in [-0.1, -0.05) is 0 Å². The minimum Gasteiger partial charge on any atom is -0.496 e. The zero-order valence-corrected chi connectivity index (χ0v) is 13.4. The molecule has 1 unspecified atom stereocenters. The number of rotatable bonds is 6. The number of methoxy groups -OCH3 is 1. The van der Waals surface area contributed by atoms with Gasteiger partial charge in [0, 0.05) is 18.0 Å². The summed E-state index contributed by atoms with van der Waals surface area (Å²) in [6.07, 6.45) is -0.507. The predicted octanol–water partition coefficient (Wildman–Crippen LogP) is 2.35. The number of hydrogen-bond donors (Lipinski definition) is 1. The molecule has 0 saturated carbocycles. The molecule has 0 spiro atoms. The normalized spacial score (nSPS) is 17.0. The highest BCUT2D eigenvalue weighted by molar-refractivity contribution is 6.05. The molecule has 1 aliphatic heterocycles. The first-order chi connectivity index (χ1) is 12.0. The van der Waals surface area contributed by atoms with Gasteiger partial charge in [0.2, 0.25) is 17.6 Å². The summed E-state index contributed by atoms with van der Waals surface area (Å²) in [6.45, 7) is 0.248. The number of halogens is 2. The fraction of sp³-hybridized carbons (Fsp3) is 0.353. The molecule has 0 aliphatic carbocycles. The molecule has 0 bridgehead atoms. The van der Waals surface area contributed by atoms with Crippen LogP contribution in [0.4, 0.5) is 8.78 Å². The van der Waals surface area contributed by atoms with E-state index >= 15 is 0 Å². The van der Waals surface area contributed by atoms with Crippen molar-refractivity contribution in [2.24, 2.45) is 0 Å². The van der Waals surface area contributed by atoms with Crippen LogP contribution in [-0.4, -0.2) is 42.9 Å².